The van der Waals surface area contributed by atoms with Crippen LogP contribution < -0.4 is 5.32 Å². The molecule has 0 radical (unpaired) electrons. The number of hydrogen-bond acceptors (Lipinski definition) is 20. The van der Waals surface area contributed by atoms with Gasteiger partial charge in [0.25, 0.3) is 5.69 Å². The Morgan fingerprint density at radius 3 is 2.33 bits per heavy atom. The van der Waals surface area contributed by atoms with Crippen molar-refractivity contribution in [2.75, 3.05) is 34.8 Å². The molecule has 3 N–H and O–H groups in total. The molecule has 1 amide bonds. The standard InChI is InChI=1S/C50H79N7O16/c1-15-37-50(10)42(72-47(61)73-50)31(6)55(13)24-27(2)21-48(8,62)41(70-45-39(58)36(54(11)12)20-28(3)66-45)29(4)40(30(5)44(59)68-37)69-38-22-49(9,65-14)43(32(7)67-38)71-46(60)51-23-34-26-56(53-52-34)25-33-16-18-35(19-17-33)57(63)64/h16-19,26-32,36-43,45,58,62H,15,20-25H2,1-14H3,(H,51,60)/t27-,28-,29+,30-,31-,32+,36+,37-,38+,39-,40+,41-,42-,43+,45+,48-,49-,50-/m1/s1. The number of alkyl carbamates (subject to hydrolysis) is 1. The number of amides is 1. The Bertz CT molecular complexity index is 2200. The number of nitro benzene ring substituents is 1. The van der Waals surface area contributed by atoms with Crippen molar-refractivity contribution < 1.29 is 72.2 Å². The molecule has 410 valence electrons. The fraction of sp³-hybridized carbons (Fsp3) is 0.780. The minimum Gasteiger partial charge on any atom is -0.458 e. The predicted octanol–water partition coefficient (Wildman–Crippen LogP) is 4.57. The number of fused-ring (bicyclic) bond motifs is 1. The highest BCUT2D eigenvalue weighted by molar-refractivity contribution is 5.73. The number of non-ortho nitro benzene ring substituents is 1. The molecule has 4 aliphatic heterocycles. The summed E-state index contributed by atoms with van der Waals surface area (Å²) in [7, 11) is 7.12. The van der Waals surface area contributed by atoms with Crippen LogP contribution in [0, 0.1) is 27.9 Å². The maximum absolute atomic E-state index is 14.8. The first kappa shape index (κ1) is 57.7. The van der Waals surface area contributed by atoms with Gasteiger partial charge in [-0.15, -0.1) is 5.10 Å². The Hall–Kier alpha value is -4.59. The Labute approximate surface area is 427 Å². The average molecular weight is 1030 g/mol. The Balaban J connectivity index is 1.26. The van der Waals surface area contributed by atoms with Crippen LogP contribution in [-0.2, 0) is 60.5 Å². The van der Waals surface area contributed by atoms with Crippen molar-refractivity contribution in [3.05, 3.63) is 51.8 Å². The van der Waals surface area contributed by atoms with Crippen LogP contribution in [0.2, 0.25) is 0 Å². The second-order valence-electron chi connectivity index (χ2n) is 21.6. The summed E-state index contributed by atoms with van der Waals surface area (Å²) >= 11 is 0. The molecule has 0 saturated carbocycles. The van der Waals surface area contributed by atoms with Gasteiger partial charge in [-0.25, -0.2) is 14.3 Å². The fourth-order valence-electron chi connectivity index (χ4n) is 11.3. The number of cyclic esters (lactones) is 1. The van der Waals surface area contributed by atoms with Crippen LogP contribution in [0.25, 0.3) is 0 Å². The first-order valence-electron chi connectivity index (χ1n) is 25.3. The summed E-state index contributed by atoms with van der Waals surface area (Å²) in [4.78, 5) is 55.6. The van der Waals surface area contributed by atoms with Gasteiger partial charge in [0.05, 0.1) is 60.1 Å². The first-order chi connectivity index (χ1) is 34.2. The number of hydrogen-bond donors (Lipinski definition) is 3. The molecule has 2 aromatic rings. The topological polar surface area (TPSA) is 267 Å². The van der Waals surface area contributed by atoms with Crippen LogP contribution in [0.3, 0.4) is 0 Å². The molecule has 18 atom stereocenters. The number of aromatic nitrogens is 3. The molecule has 23 heteroatoms. The molecule has 0 bridgehead atoms. The Morgan fingerprint density at radius 1 is 1.01 bits per heavy atom. The molecule has 23 nitrogen and oxygen atoms in total. The number of likely N-dealkylation sites (N-methyl/N-ethyl adjacent to an activating group) is 2. The van der Waals surface area contributed by atoms with Crippen LogP contribution >= 0.6 is 0 Å². The molecule has 4 saturated heterocycles. The molecule has 4 aliphatic rings. The van der Waals surface area contributed by atoms with E-state index >= 15 is 0 Å². The van der Waals surface area contributed by atoms with Gasteiger partial charge in [-0.3, -0.25) is 19.8 Å². The second-order valence-corrected chi connectivity index (χ2v) is 21.6. The SMILES string of the molecule is CC[C@H]1OC(=O)[C@H](C)[C@@H](O[C@H]2C[C@@](C)(OC)[C@@H](OC(=O)NCc3cn(Cc4ccc([N+](=O)[O-])cc4)nn3)[C@H](C)O2)[C@H](C)[C@@H](O[C@@H]2O[C@H](C)C[C@H](N(C)C)[C@H]2O)[C@](C)(O)C[C@@H](C)CN(C)[C@H](C)[C@H]2OC(=O)O[C@@]21C. The van der Waals surface area contributed by atoms with Crippen molar-refractivity contribution in [1.29, 1.82) is 0 Å². The van der Waals surface area contributed by atoms with E-state index in [-0.39, 0.29) is 49.6 Å². The third kappa shape index (κ3) is 13.3. The number of nitrogens with one attached hydrogen (secondary N) is 1. The highest BCUT2D eigenvalue weighted by Gasteiger charge is 2.58. The summed E-state index contributed by atoms with van der Waals surface area (Å²) in [5, 5.41) is 46.6. The zero-order chi connectivity index (χ0) is 53.9. The quantitative estimate of drug-likeness (QED) is 0.107. The summed E-state index contributed by atoms with van der Waals surface area (Å²) in [6.45, 7) is 18.7. The molecular weight excluding hydrogens is 955 g/mol. The minimum absolute atomic E-state index is 0.00796. The number of carbonyl (C=O) groups is 3. The molecule has 73 heavy (non-hydrogen) atoms. The van der Waals surface area contributed by atoms with E-state index in [2.05, 4.69) is 15.6 Å². The summed E-state index contributed by atoms with van der Waals surface area (Å²) in [5.41, 5.74) is -3.04. The molecule has 4 fully saturated rings. The van der Waals surface area contributed by atoms with E-state index in [9.17, 15) is 34.7 Å². The van der Waals surface area contributed by atoms with E-state index in [0.29, 0.717) is 25.2 Å². The maximum Gasteiger partial charge on any atom is 0.509 e. The van der Waals surface area contributed by atoms with Crippen LogP contribution in [0.5, 0.6) is 0 Å². The lowest BCUT2D eigenvalue weighted by Gasteiger charge is -2.49. The van der Waals surface area contributed by atoms with Crippen molar-refractivity contribution in [3.8, 4) is 0 Å². The number of rotatable bonds is 13. The van der Waals surface area contributed by atoms with Crippen molar-refractivity contribution >= 4 is 23.9 Å². The second kappa shape index (κ2) is 23.5. The third-order valence-electron chi connectivity index (χ3n) is 15.4. The average Bonchev–Trinajstić information content (AvgIpc) is 3.91. The lowest BCUT2D eigenvalue weighted by molar-refractivity contribution is -0.384. The summed E-state index contributed by atoms with van der Waals surface area (Å²) in [6.07, 6.45) is -8.49. The highest BCUT2D eigenvalue weighted by atomic mass is 16.8. The van der Waals surface area contributed by atoms with Gasteiger partial charge in [0.1, 0.15) is 23.5 Å². The molecule has 1 aromatic heterocycles. The summed E-state index contributed by atoms with van der Waals surface area (Å²) in [6, 6.07) is 5.35. The zero-order valence-corrected chi connectivity index (χ0v) is 44.8. The first-order valence-corrected chi connectivity index (χ1v) is 25.3. The van der Waals surface area contributed by atoms with Gasteiger partial charge >= 0.3 is 18.2 Å². The van der Waals surface area contributed by atoms with Crippen LogP contribution in [0.15, 0.2) is 30.5 Å². The van der Waals surface area contributed by atoms with Crippen LogP contribution in [0.1, 0.15) is 106 Å². The fourth-order valence-corrected chi connectivity index (χ4v) is 11.3. The maximum atomic E-state index is 14.8. The minimum atomic E-state index is -1.63. The van der Waals surface area contributed by atoms with Gasteiger partial charge in [-0.1, -0.05) is 38.1 Å². The van der Waals surface area contributed by atoms with E-state index in [1.807, 2.05) is 58.6 Å². The molecule has 1 aromatic carbocycles. The Morgan fingerprint density at radius 2 is 1.70 bits per heavy atom. The van der Waals surface area contributed by atoms with Crippen molar-refractivity contribution in [2.45, 2.75) is 198 Å². The van der Waals surface area contributed by atoms with Gasteiger partial charge in [0, 0.05) is 50.2 Å². The Kier molecular flexibility index (Phi) is 18.6. The van der Waals surface area contributed by atoms with E-state index in [1.165, 1.54) is 23.9 Å². The van der Waals surface area contributed by atoms with Gasteiger partial charge in [-0.05, 0) is 100 Å². The van der Waals surface area contributed by atoms with E-state index in [4.69, 9.17) is 42.6 Å². The molecule has 0 aliphatic carbocycles. The molecule has 0 unspecified atom stereocenters. The number of ether oxygens (including phenoxy) is 9. The third-order valence-corrected chi connectivity index (χ3v) is 15.4. The largest absolute Gasteiger partial charge is 0.509 e. The normalized spacial score (nSPS) is 39.1. The lowest BCUT2D eigenvalue weighted by Crippen LogP contribution is -2.61. The smallest absolute Gasteiger partial charge is 0.458 e. The van der Waals surface area contributed by atoms with Gasteiger partial charge < -0.3 is 63.1 Å². The predicted molar refractivity (Wildman–Crippen MR) is 261 cm³/mol. The number of esters is 1. The number of nitrogens with zero attached hydrogens (tertiary/aromatic N) is 6. The van der Waals surface area contributed by atoms with Gasteiger partial charge in [-0.2, -0.15) is 0 Å². The van der Waals surface area contributed by atoms with E-state index < -0.39 is 113 Å². The van der Waals surface area contributed by atoms with Crippen LogP contribution in [0.4, 0.5) is 15.3 Å². The van der Waals surface area contributed by atoms with Crippen molar-refractivity contribution in [3.63, 3.8) is 0 Å². The lowest BCUT2D eigenvalue weighted by atomic mass is 9.77. The van der Waals surface area contributed by atoms with Crippen molar-refractivity contribution in [1.82, 2.24) is 30.1 Å². The van der Waals surface area contributed by atoms with Crippen LogP contribution in [-0.4, -0.2) is 183 Å². The molecule has 0 spiro atoms. The number of methoxy groups -OCH3 is 1. The van der Waals surface area contributed by atoms with E-state index in [1.54, 1.807) is 59.9 Å². The zero-order valence-electron chi connectivity index (χ0n) is 44.8. The number of aliphatic hydroxyl groups excluding tert-OH is 1. The summed E-state index contributed by atoms with van der Waals surface area (Å²) in [5.74, 6) is -2.79. The number of carbonyl (C=O) groups excluding carboxylic acids is 3. The number of aliphatic hydroxyl groups is 2. The summed E-state index contributed by atoms with van der Waals surface area (Å²) < 4.78 is 58.2. The number of nitro groups is 1. The molecule has 5 heterocycles. The van der Waals surface area contributed by atoms with Gasteiger partial charge in [0.2, 0.25) is 0 Å². The number of benzene rings is 1. The monoisotopic (exact) mass is 1030 g/mol. The van der Waals surface area contributed by atoms with Crippen molar-refractivity contribution in [2.24, 2.45) is 17.8 Å². The molecular formula is C50H79N7O16. The van der Waals surface area contributed by atoms with Gasteiger partial charge in [0.15, 0.2) is 30.4 Å². The molecule has 6 rings (SSSR count). The highest BCUT2D eigenvalue weighted by Crippen LogP contribution is 2.42. The van der Waals surface area contributed by atoms with E-state index in [0.717, 1.165) is 5.56 Å².